The van der Waals surface area contributed by atoms with Crippen LogP contribution in [0.5, 0.6) is 0 Å². The molecule has 1 aromatic rings. The Labute approximate surface area is 74.7 Å². The average molecular weight is 182 g/mol. The van der Waals surface area contributed by atoms with Gasteiger partial charge in [0.25, 0.3) is 0 Å². The summed E-state index contributed by atoms with van der Waals surface area (Å²) in [5.74, 6) is -1.17. The molecule has 1 fully saturated rings. The van der Waals surface area contributed by atoms with E-state index in [1.165, 1.54) is 6.07 Å². The van der Waals surface area contributed by atoms with Crippen LogP contribution in [0.2, 0.25) is 0 Å². The van der Waals surface area contributed by atoms with E-state index in [4.69, 9.17) is 5.11 Å². The van der Waals surface area contributed by atoms with Crippen molar-refractivity contribution in [3.63, 3.8) is 0 Å². The Morgan fingerprint density at radius 3 is 3.15 bits per heavy atom. The van der Waals surface area contributed by atoms with Gasteiger partial charge in [-0.2, -0.15) is 0 Å². The van der Waals surface area contributed by atoms with Crippen molar-refractivity contribution in [2.24, 2.45) is 0 Å². The highest BCUT2D eigenvalue weighted by atomic mass is 16.5. The minimum Gasteiger partial charge on any atom is -0.475 e. The van der Waals surface area contributed by atoms with Gasteiger partial charge in [0.2, 0.25) is 5.76 Å². The van der Waals surface area contributed by atoms with Gasteiger partial charge >= 0.3 is 5.97 Å². The largest absolute Gasteiger partial charge is 0.475 e. The summed E-state index contributed by atoms with van der Waals surface area (Å²) in [6, 6.07) is 1.64. The second-order valence-electron chi connectivity index (χ2n) is 3.07. The highest BCUT2D eigenvalue weighted by molar-refractivity contribution is 5.84. The zero-order valence-electron chi connectivity index (χ0n) is 6.99. The van der Waals surface area contributed by atoms with Gasteiger partial charge in [0.05, 0.1) is 6.04 Å². The first-order chi connectivity index (χ1) is 6.27. The molecule has 2 heterocycles. The molecule has 0 bridgehead atoms. The number of nitrogens with one attached hydrogen (secondary N) is 1. The van der Waals surface area contributed by atoms with Gasteiger partial charge in [-0.25, -0.2) is 4.79 Å². The fourth-order valence-corrected chi connectivity index (χ4v) is 1.49. The quantitative estimate of drug-likeness (QED) is 0.707. The van der Waals surface area contributed by atoms with Crippen LogP contribution in [0.1, 0.15) is 35.1 Å². The van der Waals surface area contributed by atoms with Crippen molar-refractivity contribution in [3.05, 3.63) is 17.5 Å². The van der Waals surface area contributed by atoms with Gasteiger partial charge in [0.15, 0.2) is 0 Å². The van der Waals surface area contributed by atoms with E-state index < -0.39 is 5.97 Å². The molecule has 1 aliphatic rings. The molecule has 70 valence electrons. The summed E-state index contributed by atoms with van der Waals surface area (Å²) in [5.41, 5.74) is 0.690. The van der Waals surface area contributed by atoms with E-state index in [-0.39, 0.29) is 11.8 Å². The summed E-state index contributed by atoms with van der Waals surface area (Å²) in [5, 5.41) is 15.5. The third-order valence-electron chi connectivity index (χ3n) is 2.16. The molecule has 2 rings (SSSR count). The van der Waals surface area contributed by atoms with Crippen molar-refractivity contribution in [2.75, 3.05) is 6.54 Å². The second-order valence-corrected chi connectivity index (χ2v) is 3.07. The zero-order valence-corrected chi connectivity index (χ0v) is 6.99. The molecule has 1 unspecified atom stereocenters. The van der Waals surface area contributed by atoms with Crippen LogP contribution in [0.3, 0.4) is 0 Å². The average Bonchev–Trinajstić information content (AvgIpc) is 2.75. The second kappa shape index (κ2) is 3.18. The Kier molecular flexibility index (Phi) is 2.02. The number of hydrogen-bond donors (Lipinski definition) is 2. The molecule has 1 aromatic heterocycles. The fraction of sp³-hybridized carbons (Fsp3) is 0.500. The predicted octanol–water partition coefficient (Wildman–Crippen LogP) is 0.797. The molecule has 0 aliphatic carbocycles. The first-order valence-corrected chi connectivity index (χ1v) is 4.20. The summed E-state index contributed by atoms with van der Waals surface area (Å²) >= 11 is 0. The SMILES string of the molecule is O=C(O)c1cc(C2CCCN2)no1. The first-order valence-electron chi connectivity index (χ1n) is 4.20. The van der Waals surface area contributed by atoms with Gasteiger partial charge in [0.1, 0.15) is 5.69 Å². The predicted molar refractivity (Wildman–Crippen MR) is 43.4 cm³/mol. The molecule has 0 aromatic carbocycles. The van der Waals surface area contributed by atoms with E-state index in [1.54, 1.807) is 0 Å². The van der Waals surface area contributed by atoms with E-state index in [0.717, 1.165) is 19.4 Å². The standard InChI is InChI=1S/C8H10N2O3/c11-8(12)7-4-6(10-13-7)5-2-1-3-9-5/h4-5,9H,1-3H2,(H,11,12). The Morgan fingerprint density at radius 2 is 2.62 bits per heavy atom. The van der Waals surface area contributed by atoms with Crippen molar-refractivity contribution in [1.29, 1.82) is 0 Å². The fourth-order valence-electron chi connectivity index (χ4n) is 1.49. The highest BCUT2D eigenvalue weighted by Crippen LogP contribution is 2.22. The van der Waals surface area contributed by atoms with E-state index in [1.807, 2.05) is 0 Å². The van der Waals surface area contributed by atoms with Crippen LogP contribution in [-0.4, -0.2) is 22.8 Å². The number of aromatic nitrogens is 1. The molecule has 0 amide bonds. The summed E-state index contributed by atoms with van der Waals surface area (Å²) in [7, 11) is 0. The molecule has 0 spiro atoms. The summed E-state index contributed by atoms with van der Waals surface area (Å²) < 4.78 is 4.65. The molecule has 0 radical (unpaired) electrons. The maximum absolute atomic E-state index is 10.5. The van der Waals surface area contributed by atoms with Crippen LogP contribution in [0, 0.1) is 0 Å². The van der Waals surface area contributed by atoms with E-state index >= 15 is 0 Å². The highest BCUT2D eigenvalue weighted by Gasteiger charge is 2.21. The lowest BCUT2D eigenvalue weighted by molar-refractivity contribution is 0.0652. The number of carbonyl (C=O) groups is 1. The van der Waals surface area contributed by atoms with Crippen LogP contribution in [-0.2, 0) is 0 Å². The van der Waals surface area contributed by atoms with Gasteiger partial charge in [-0.1, -0.05) is 5.16 Å². The van der Waals surface area contributed by atoms with Crippen molar-refractivity contribution in [3.8, 4) is 0 Å². The Hall–Kier alpha value is -1.36. The maximum atomic E-state index is 10.5. The zero-order chi connectivity index (χ0) is 9.26. The van der Waals surface area contributed by atoms with Gasteiger partial charge in [-0.15, -0.1) is 0 Å². The minimum atomic E-state index is -1.07. The topological polar surface area (TPSA) is 75.4 Å². The molecular weight excluding hydrogens is 172 g/mol. The maximum Gasteiger partial charge on any atom is 0.374 e. The smallest absolute Gasteiger partial charge is 0.374 e. The van der Waals surface area contributed by atoms with Gasteiger partial charge < -0.3 is 14.9 Å². The molecule has 5 heteroatoms. The molecule has 0 saturated carbocycles. The van der Waals surface area contributed by atoms with Crippen LogP contribution in [0.25, 0.3) is 0 Å². The van der Waals surface area contributed by atoms with Crippen molar-refractivity contribution < 1.29 is 14.4 Å². The number of carboxylic acids is 1. The number of rotatable bonds is 2. The third kappa shape index (κ3) is 1.55. The van der Waals surface area contributed by atoms with Crippen molar-refractivity contribution in [2.45, 2.75) is 18.9 Å². The molecule has 13 heavy (non-hydrogen) atoms. The minimum absolute atomic E-state index is 0.0938. The lowest BCUT2D eigenvalue weighted by Gasteiger charge is -2.02. The number of hydrogen-bond acceptors (Lipinski definition) is 4. The Morgan fingerprint density at radius 1 is 1.77 bits per heavy atom. The molecule has 1 aliphatic heterocycles. The monoisotopic (exact) mass is 182 g/mol. The van der Waals surface area contributed by atoms with Crippen LogP contribution in [0.4, 0.5) is 0 Å². The lowest BCUT2D eigenvalue weighted by Crippen LogP contribution is -2.12. The van der Waals surface area contributed by atoms with E-state index in [2.05, 4.69) is 15.0 Å². The Bertz CT molecular complexity index is 315. The van der Waals surface area contributed by atoms with Gasteiger partial charge in [-0.3, -0.25) is 0 Å². The third-order valence-corrected chi connectivity index (χ3v) is 2.16. The molecular formula is C8H10N2O3. The van der Waals surface area contributed by atoms with Gasteiger partial charge in [-0.05, 0) is 19.4 Å². The lowest BCUT2D eigenvalue weighted by atomic mass is 10.1. The van der Waals surface area contributed by atoms with E-state index in [0.29, 0.717) is 5.69 Å². The van der Waals surface area contributed by atoms with Gasteiger partial charge in [0, 0.05) is 6.07 Å². The molecule has 2 N–H and O–H groups in total. The normalized spacial score (nSPS) is 22.0. The summed E-state index contributed by atoms with van der Waals surface area (Å²) in [4.78, 5) is 10.5. The molecule has 1 saturated heterocycles. The van der Waals surface area contributed by atoms with Crippen molar-refractivity contribution in [1.82, 2.24) is 10.5 Å². The number of nitrogens with zero attached hydrogens (tertiary/aromatic N) is 1. The number of carboxylic acid groups (broad SMARTS) is 1. The van der Waals surface area contributed by atoms with Crippen molar-refractivity contribution >= 4 is 5.97 Å². The molecule has 1 atom stereocenters. The number of aromatic carboxylic acids is 1. The Balaban J connectivity index is 2.16. The summed E-state index contributed by atoms with van der Waals surface area (Å²) in [6.07, 6.45) is 2.09. The van der Waals surface area contributed by atoms with E-state index in [9.17, 15) is 4.79 Å². The first kappa shape index (κ1) is 8.25. The van der Waals surface area contributed by atoms with Crippen LogP contribution in [0.15, 0.2) is 10.6 Å². The molecule has 5 nitrogen and oxygen atoms in total. The van der Waals surface area contributed by atoms with Crippen LogP contribution >= 0.6 is 0 Å². The van der Waals surface area contributed by atoms with Crippen LogP contribution < -0.4 is 5.32 Å². The summed E-state index contributed by atoms with van der Waals surface area (Å²) in [6.45, 7) is 0.958.